The molecule has 8 nitrogen and oxygen atoms in total. The molecule has 0 bridgehead atoms. The lowest BCUT2D eigenvalue weighted by Crippen LogP contribution is -2.40. The van der Waals surface area contributed by atoms with Gasteiger partial charge < -0.3 is 19.7 Å². The predicted molar refractivity (Wildman–Crippen MR) is 121 cm³/mol. The van der Waals surface area contributed by atoms with Crippen molar-refractivity contribution in [2.45, 2.75) is 37.8 Å². The fourth-order valence-electron chi connectivity index (χ4n) is 5.00. The number of nitrogens with one attached hydrogen (secondary N) is 1. The number of aldehydes is 1. The van der Waals surface area contributed by atoms with Gasteiger partial charge in [0.1, 0.15) is 29.6 Å². The summed E-state index contributed by atoms with van der Waals surface area (Å²) >= 11 is 6.08. The summed E-state index contributed by atoms with van der Waals surface area (Å²) in [4.78, 5) is 34.4. The highest BCUT2D eigenvalue weighted by molar-refractivity contribution is 6.31. The minimum Gasteiger partial charge on any atom is -0.490 e. The van der Waals surface area contributed by atoms with E-state index >= 15 is 0 Å². The number of fused-ring (bicyclic) bond motifs is 1. The quantitative estimate of drug-likeness (QED) is 0.653. The van der Waals surface area contributed by atoms with Gasteiger partial charge >= 0.3 is 0 Å². The molecule has 1 amide bonds. The molecule has 1 unspecified atom stereocenters. The average molecular weight is 466 g/mol. The third kappa shape index (κ3) is 4.51. The number of halogens is 1. The first-order valence-electron chi connectivity index (χ1n) is 11.2. The molecule has 2 aliphatic carbocycles. The summed E-state index contributed by atoms with van der Waals surface area (Å²) in [6.07, 6.45) is 7.51. The second kappa shape index (κ2) is 8.99. The Hall–Kier alpha value is -3.18. The van der Waals surface area contributed by atoms with Crippen molar-refractivity contribution in [2.75, 3.05) is 18.0 Å². The summed E-state index contributed by atoms with van der Waals surface area (Å²) in [7, 11) is 0. The Morgan fingerprint density at radius 3 is 2.55 bits per heavy atom. The van der Waals surface area contributed by atoms with E-state index in [0.717, 1.165) is 50.9 Å². The third-order valence-corrected chi connectivity index (χ3v) is 7.30. The molecule has 3 fully saturated rings. The van der Waals surface area contributed by atoms with E-state index in [1.54, 1.807) is 24.4 Å². The number of carbonyl (C=O) groups is 2. The van der Waals surface area contributed by atoms with E-state index in [1.165, 1.54) is 6.20 Å². The molecule has 1 aromatic carbocycles. The Bertz CT molecular complexity index is 1080. The lowest BCUT2D eigenvalue weighted by Gasteiger charge is -2.29. The Morgan fingerprint density at radius 2 is 1.94 bits per heavy atom. The van der Waals surface area contributed by atoms with Gasteiger partial charge in [-0.1, -0.05) is 11.6 Å². The fraction of sp³-hybridized carbons (Fsp3) is 0.458. The molecule has 33 heavy (non-hydrogen) atoms. The molecule has 1 aliphatic heterocycles. The second-order valence-electron chi connectivity index (χ2n) is 9.02. The van der Waals surface area contributed by atoms with E-state index in [2.05, 4.69) is 20.2 Å². The lowest BCUT2D eigenvalue weighted by atomic mass is 9.93. The highest BCUT2D eigenvalue weighted by Gasteiger charge is 2.55. The van der Waals surface area contributed by atoms with Gasteiger partial charge in [-0.05, 0) is 49.7 Å². The highest BCUT2D eigenvalue weighted by atomic mass is 35.5. The maximum Gasteiger partial charge on any atom is 0.271 e. The van der Waals surface area contributed by atoms with E-state index in [9.17, 15) is 9.59 Å². The van der Waals surface area contributed by atoms with Crippen LogP contribution in [-0.4, -0.2) is 47.4 Å². The first-order chi connectivity index (χ1) is 16.1. The van der Waals surface area contributed by atoms with Crippen molar-refractivity contribution in [3.8, 4) is 11.8 Å². The van der Waals surface area contributed by atoms with Crippen LogP contribution in [0.4, 0.5) is 5.82 Å². The number of piperidine rings is 1. The second-order valence-corrected chi connectivity index (χ2v) is 9.43. The van der Waals surface area contributed by atoms with Crippen LogP contribution in [0.5, 0.6) is 5.75 Å². The molecule has 3 aliphatic rings. The summed E-state index contributed by atoms with van der Waals surface area (Å²) in [5.41, 5.74) is 0.731. The number of nitrogens with zero attached hydrogens (tertiary/aromatic N) is 4. The number of amides is 1. The van der Waals surface area contributed by atoms with E-state index in [0.29, 0.717) is 33.9 Å². The highest BCUT2D eigenvalue weighted by Crippen LogP contribution is 2.50. The molecule has 2 aromatic rings. The zero-order valence-electron chi connectivity index (χ0n) is 18.0. The number of carbonyl (C=O) groups excluding carboxylic acids is 2. The SMILES string of the molecule is N#Cc1ccc(OC2CCC(NC(=O)c3cnc(N4C[C@@H]5C(C=O)[C@@H]5C4)cn3)CC2)cc1Cl. The molecule has 1 aromatic heterocycles. The molecule has 9 heteroatoms. The zero-order valence-corrected chi connectivity index (χ0v) is 18.7. The molecule has 170 valence electrons. The standard InChI is InChI=1S/C24H24ClN5O3/c25-21-7-17(4-1-14(21)8-26)33-16-5-2-15(3-6-16)29-24(32)22-9-28-23(10-27-22)30-11-18-19(12-30)20(18)13-31/h1,4,7,9-10,13,15-16,18-20H,2-3,5-6,11-12H2,(H,29,32)/t15?,16?,18-,19+,20?. The number of nitriles is 1. The lowest BCUT2D eigenvalue weighted by molar-refractivity contribution is -0.109. The number of benzene rings is 1. The molecule has 2 saturated carbocycles. The normalized spacial score (nSPS) is 27.9. The topological polar surface area (TPSA) is 108 Å². The summed E-state index contributed by atoms with van der Waals surface area (Å²) in [6.45, 7) is 1.66. The van der Waals surface area contributed by atoms with Crippen molar-refractivity contribution in [3.05, 3.63) is 46.9 Å². The Balaban J connectivity index is 1.09. The molecule has 5 rings (SSSR count). The van der Waals surface area contributed by atoms with Gasteiger partial charge in [-0.3, -0.25) is 4.79 Å². The van der Waals surface area contributed by atoms with E-state index in [4.69, 9.17) is 21.6 Å². The number of hydrogen-bond acceptors (Lipinski definition) is 7. The van der Waals surface area contributed by atoms with Crippen LogP contribution in [0, 0.1) is 29.1 Å². The smallest absolute Gasteiger partial charge is 0.271 e. The predicted octanol–water partition coefficient (Wildman–Crippen LogP) is 3.00. The van der Waals surface area contributed by atoms with E-state index in [1.807, 2.05) is 6.07 Å². The molecular formula is C24H24ClN5O3. The van der Waals surface area contributed by atoms with Crippen LogP contribution in [0.3, 0.4) is 0 Å². The van der Waals surface area contributed by atoms with Gasteiger partial charge in [0.2, 0.25) is 0 Å². The fourth-order valence-corrected chi connectivity index (χ4v) is 5.21. The van der Waals surface area contributed by atoms with Gasteiger partial charge in [0.25, 0.3) is 5.91 Å². The number of aromatic nitrogens is 2. The van der Waals surface area contributed by atoms with Crippen LogP contribution >= 0.6 is 11.6 Å². The van der Waals surface area contributed by atoms with Crippen molar-refractivity contribution in [1.82, 2.24) is 15.3 Å². The van der Waals surface area contributed by atoms with Crippen molar-refractivity contribution in [3.63, 3.8) is 0 Å². The Labute approximate surface area is 196 Å². The van der Waals surface area contributed by atoms with Crippen LogP contribution in [0.15, 0.2) is 30.6 Å². The molecule has 1 saturated heterocycles. The number of hydrogen-bond donors (Lipinski definition) is 1. The van der Waals surface area contributed by atoms with Crippen LogP contribution in [0.25, 0.3) is 0 Å². The summed E-state index contributed by atoms with van der Waals surface area (Å²) in [6, 6.07) is 7.18. The van der Waals surface area contributed by atoms with Crippen LogP contribution < -0.4 is 15.0 Å². The maximum atomic E-state index is 12.6. The maximum absolute atomic E-state index is 12.6. The van der Waals surface area contributed by atoms with Crippen LogP contribution in [-0.2, 0) is 4.79 Å². The monoisotopic (exact) mass is 465 g/mol. The van der Waals surface area contributed by atoms with Crippen molar-refractivity contribution in [1.29, 1.82) is 5.26 Å². The van der Waals surface area contributed by atoms with Gasteiger partial charge in [0.15, 0.2) is 0 Å². The van der Waals surface area contributed by atoms with Gasteiger partial charge in [-0.2, -0.15) is 5.26 Å². The van der Waals surface area contributed by atoms with Crippen molar-refractivity contribution in [2.24, 2.45) is 17.8 Å². The molecular weight excluding hydrogens is 442 g/mol. The van der Waals surface area contributed by atoms with Gasteiger partial charge in [0.05, 0.1) is 29.1 Å². The first-order valence-corrected chi connectivity index (χ1v) is 11.6. The van der Waals surface area contributed by atoms with Crippen LogP contribution in [0.1, 0.15) is 41.7 Å². The Kier molecular flexibility index (Phi) is 5.90. The molecule has 2 heterocycles. The van der Waals surface area contributed by atoms with Crippen LogP contribution in [0.2, 0.25) is 5.02 Å². The van der Waals surface area contributed by atoms with Gasteiger partial charge in [-0.25, -0.2) is 9.97 Å². The van der Waals surface area contributed by atoms with Crippen molar-refractivity contribution >= 4 is 29.6 Å². The number of anilines is 1. The number of ether oxygens (including phenoxy) is 1. The first kappa shape index (κ1) is 21.7. The molecule has 1 N–H and O–H groups in total. The summed E-state index contributed by atoms with van der Waals surface area (Å²) in [5.74, 6) is 2.28. The van der Waals surface area contributed by atoms with Gasteiger partial charge in [0, 0.05) is 31.1 Å². The van der Waals surface area contributed by atoms with Gasteiger partial charge in [-0.15, -0.1) is 0 Å². The van der Waals surface area contributed by atoms with E-state index in [-0.39, 0.29) is 24.0 Å². The molecule has 0 spiro atoms. The number of rotatable bonds is 6. The largest absolute Gasteiger partial charge is 0.490 e. The Morgan fingerprint density at radius 1 is 1.18 bits per heavy atom. The zero-order chi connectivity index (χ0) is 22.9. The third-order valence-electron chi connectivity index (χ3n) is 6.99. The minimum absolute atomic E-state index is 0.0479. The summed E-state index contributed by atoms with van der Waals surface area (Å²) < 4.78 is 6.01. The average Bonchev–Trinajstić information content (AvgIpc) is 3.30. The summed E-state index contributed by atoms with van der Waals surface area (Å²) in [5, 5.41) is 12.4. The van der Waals surface area contributed by atoms with Crippen molar-refractivity contribution < 1.29 is 14.3 Å². The molecule has 0 radical (unpaired) electrons. The van der Waals surface area contributed by atoms with E-state index < -0.39 is 0 Å². The molecule has 3 atom stereocenters. The minimum atomic E-state index is -0.220.